The van der Waals surface area contributed by atoms with E-state index in [0.717, 1.165) is 30.5 Å². The molecule has 1 aliphatic rings. The molecule has 5 nitrogen and oxygen atoms in total. The van der Waals surface area contributed by atoms with Gasteiger partial charge in [-0.3, -0.25) is 4.79 Å². The first-order valence-corrected chi connectivity index (χ1v) is 11.3. The third kappa shape index (κ3) is 5.16. The second-order valence-electron chi connectivity index (χ2n) is 7.43. The monoisotopic (exact) mass is 386 g/mol. The Bertz CT molecular complexity index is 901. The van der Waals surface area contributed by atoms with Crippen LogP contribution in [0.1, 0.15) is 49.3 Å². The summed E-state index contributed by atoms with van der Waals surface area (Å²) in [6, 6.07) is 12.2. The van der Waals surface area contributed by atoms with Gasteiger partial charge in [-0.15, -0.1) is 0 Å². The number of aryl methyl sites for hydroxylation is 1. The zero-order chi connectivity index (χ0) is 19.4. The Morgan fingerprint density at radius 3 is 2.41 bits per heavy atom. The molecule has 0 bridgehead atoms. The molecule has 2 aromatic rings. The van der Waals surface area contributed by atoms with Crippen molar-refractivity contribution in [2.45, 2.75) is 49.8 Å². The van der Waals surface area contributed by atoms with Crippen molar-refractivity contribution in [1.29, 1.82) is 0 Å². The number of nitrogens with one attached hydrogen (secondary N) is 1. The molecule has 1 aromatic heterocycles. The van der Waals surface area contributed by atoms with Crippen molar-refractivity contribution in [3.63, 3.8) is 0 Å². The van der Waals surface area contributed by atoms with E-state index in [0.29, 0.717) is 11.7 Å². The summed E-state index contributed by atoms with van der Waals surface area (Å²) in [6.45, 7) is 1.88. The molecule has 0 radical (unpaired) electrons. The highest BCUT2D eigenvalue weighted by atomic mass is 32.2. The van der Waals surface area contributed by atoms with Crippen molar-refractivity contribution in [2.24, 2.45) is 5.92 Å². The maximum absolute atomic E-state index is 13.0. The van der Waals surface area contributed by atoms with Crippen molar-refractivity contribution >= 4 is 21.6 Å². The quantitative estimate of drug-likeness (QED) is 0.811. The van der Waals surface area contributed by atoms with Gasteiger partial charge in [-0.05, 0) is 49.1 Å². The fraction of sp³-hybridized carbons (Fsp3) is 0.429. The van der Waals surface area contributed by atoms with Gasteiger partial charge in [0.25, 0.3) is 0 Å². The molecule has 3 rings (SSSR count). The highest BCUT2D eigenvalue weighted by molar-refractivity contribution is 7.90. The minimum Gasteiger partial charge on any atom is -0.310 e. The maximum Gasteiger partial charge on any atom is 0.233 e. The molecule has 0 spiro atoms. The number of anilines is 1. The van der Waals surface area contributed by atoms with E-state index in [2.05, 4.69) is 10.3 Å². The number of aromatic nitrogens is 1. The standard InChI is InChI=1S/C21H26N2O3S/c1-15-6-5-9-20(22-15)23-21(24)19(14-16-7-3-4-8-16)17-10-12-18(13-11-17)27(2,25)26/h5-6,9-13,16,19H,3-4,7-8,14H2,1-2H3,(H,22,23,24)/t19-/m1/s1. The van der Waals surface area contributed by atoms with Crippen molar-refractivity contribution in [2.75, 3.05) is 11.6 Å². The number of hydrogen-bond donors (Lipinski definition) is 1. The molecule has 1 amide bonds. The average Bonchev–Trinajstić information content (AvgIpc) is 3.12. The Morgan fingerprint density at radius 2 is 1.81 bits per heavy atom. The first-order chi connectivity index (χ1) is 12.8. The SMILES string of the molecule is Cc1cccc(NC(=O)[C@H](CC2CCCC2)c2ccc(S(C)(=O)=O)cc2)n1. The van der Waals surface area contributed by atoms with Crippen LogP contribution in [0.5, 0.6) is 0 Å². The summed E-state index contributed by atoms with van der Waals surface area (Å²) in [4.78, 5) is 17.7. The van der Waals surface area contributed by atoms with E-state index in [-0.39, 0.29) is 16.7 Å². The largest absolute Gasteiger partial charge is 0.310 e. The van der Waals surface area contributed by atoms with Gasteiger partial charge in [0.15, 0.2) is 9.84 Å². The second kappa shape index (κ2) is 8.21. The van der Waals surface area contributed by atoms with E-state index in [1.807, 2.05) is 19.1 Å². The molecule has 1 atom stereocenters. The molecule has 0 saturated heterocycles. The maximum atomic E-state index is 13.0. The van der Waals surface area contributed by atoms with Crippen LogP contribution in [0.2, 0.25) is 0 Å². The lowest BCUT2D eigenvalue weighted by molar-refractivity contribution is -0.118. The molecule has 27 heavy (non-hydrogen) atoms. The van der Waals surface area contributed by atoms with Crippen LogP contribution >= 0.6 is 0 Å². The average molecular weight is 387 g/mol. The molecule has 1 heterocycles. The second-order valence-corrected chi connectivity index (χ2v) is 9.45. The Morgan fingerprint density at radius 1 is 1.15 bits per heavy atom. The number of pyridine rings is 1. The first-order valence-electron chi connectivity index (χ1n) is 9.37. The zero-order valence-electron chi connectivity index (χ0n) is 15.8. The lowest BCUT2D eigenvalue weighted by atomic mass is 9.87. The Labute approximate surface area is 161 Å². The van der Waals surface area contributed by atoms with Crippen LogP contribution in [-0.2, 0) is 14.6 Å². The molecule has 1 aromatic carbocycles. The highest BCUT2D eigenvalue weighted by Gasteiger charge is 2.27. The topological polar surface area (TPSA) is 76.1 Å². The normalized spacial score (nSPS) is 16.2. The molecular weight excluding hydrogens is 360 g/mol. The van der Waals surface area contributed by atoms with Crippen LogP contribution in [0.3, 0.4) is 0 Å². The Hall–Kier alpha value is -2.21. The van der Waals surface area contributed by atoms with Crippen molar-refractivity contribution in [3.8, 4) is 0 Å². The molecule has 1 saturated carbocycles. The van der Waals surface area contributed by atoms with Crippen LogP contribution in [0.25, 0.3) is 0 Å². The van der Waals surface area contributed by atoms with Gasteiger partial charge in [0.05, 0.1) is 10.8 Å². The van der Waals surface area contributed by atoms with E-state index < -0.39 is 9.84 Å². The summed E-state index contributed by atoms with van der Waals surface area (Å²) < 4.78 is 23.4. The molecule has 144 valence electrons. The highest BCUT2D eigenvalue weighted by Crippen LogP contribution is 2.35. The number of carbonyl (C=O) groups excluding carboxylic acids is 1. The molecule has 0 unspecified atom stereocenters. The van der Waals surface area contributed by atoms with Crippen LogP contribution in [0.4, 0.5) is 5.82 Å². The summed E-state index contributed by atoms with van der Waals surface area (Å²) >= 11 is 0. The van der Waals surface area contributed by atoms with E-state index in [1.165, 1.54) is 19.1 Å². The third-order valence-electron chi connectivity index (χ3n) is 5.21. The lowest BCUT2D eigenvalue weighted by Gasteiger charge is -2.21. The Balaban J connectivity index is 1.84. The number of hydrogen-bond acceptors (Lipinski definition) is 4. The third-order valence-corrected chi connectivity index (χ3v) is 6.34. The number of nitrogens with zero attached hydrogens (tertiary/aromatic N) is 1. The Kier molecular flexibility index (Phi) is 5.95. The molecule has 1 fully saturated rings. The van der Waals surface area contributed by atoms with Gasteiger partial charge in [-0.25, -0.2) is 13.4 Å². The molecule has 1 N–H and O–H groups in total. The van der Waals surface area contributed by atoms with Gasteiger partial charge in [0, 0.05) is 11.9 Å². The van der Waals surface area contributed by atoms with Gasteiger partial charge in [0.2, 0.25) is 5.91 Å². The first kappa shape index (κ1) is 19.5. The summed E-state index contributed by atoms with van der Waals surface area (Å²) in [5, 5.41) is 2.93. The zero-order valence-corrected chi connectivity index (χ0v) is 16.6. The predicted octanol–water partition coefficient (Wildman–Crippen LogP) is 4.10. The van der Waals surface area contributed by atoms with Crippen molar-refractivity contribution in [1.82, 2.24) is 4.98 Å². The minimum absolute atomic E-state index is 0.0906. The summed E-state index contributed by atoms with van der Waals surface area (Å²) in [5.41, 5.74) is 1.69. The van der Waals surface area contributed by atoms with Gasteiger partial charge < -0.3 is 5.32 Å². The van der Waals surface area contributed by atoms with Crippen LogP contribution in [0, 0.1) is 12.8 Å². The van der Waals surface area contributed by atoms with E-state index in [4.69, 9.17) is 0 Å². The fourth-order valence-corrected chi connectivity index (χ4v) is 4.38. The van der Waals surface area contributed by atoms with Crippen LogP contribution in [0.15, 0.2) is 47.4 Å². The number of amides is 1. The van der Waals surface area contributed by atoms with Gasteiger partial charge >= 0.3 is 0 Å². The van der Waals surface area contributed by atoms with Crippen molar-refractivity contribution in [3.05, 3.63) is 53.7 Å². The fourth-order valence-electron chi connectivity index (χ4n) is 3.75. The van der Waals surface area contributed by atoms with Crippen molar-refractivity contribution < 1.29 is 13.2 Å². The predicted molar refractivity (Wildman–Crippen MR) is 106 cm³/mol. The van der Waals surface area contributed by atoms with E-state index in [9.17, 15) is 13.2 Å². The number of sulfone groups is 1. The van der Waals surface area contributed by atoms with E-state index >= 15 is 0 Å². The molecule has 1 aliphatic carbocycles. The van der Waals surface area contributed by atoms with Gasteiger partial charge in [0.1, 0.15) is 5.82 Å². The van der Waals surface area contributed by atoms with Gasteiger partial charge in [-0.2, -0.15) is 0 Å². The number of rotatable bonds is 6. The van der Waals surface area contributed by atoms with Crippen LogP contribution in [-0.4, -0.2) is 25.6 Å². The number of benzene rings is 1. The van der Waals surface area contributed by atoms with Gasteiger partial charge in [-0.1, -0.05) is 43.9 Å². The molecular formula is C21H26N2O3S. The minimum atomic E-state index is -3.25. The lowest BCUT2D eigenvalue weighted by Crippen LogP contribution is -2.23. The van der Waals surface area contributed by atoms with Crippen LogP contribution < -0.4 is 5.32 Å². The smallest absolute Gasteiger partial charge is 0.233 e. The summed E-state index contributed by atoms with van der Waals surface area (Å²) in [5.74, 6) is 0.668. The molecule has 6 heteroatoms. The summed E-state index contributed by atoms with van der Waals surface area (Å²) in [6.07, 6.45) is 6.68. The molecule has 0 aliphatic heterocycles. The summed E-state index contributed by atoms with van der Waals surface area (Å²) in [7, 11) is -3.25. The van der Waals surface area contributed by atoms with E-state index in [1.54, 1.807) is 30.3 Å². The number of carbonyl (C=O) groups is 1.